The van der Waals surface area contributed by atoms with Gasteiger partial charge in [-0.15, -0.1) is 0 Å². The Labute approximate surface area is 132 Å². The molecule has 100 valence electrons. The number of carbonyl (C=O) groups is 1. The predicted octanol–water partition coefficient (Wildman–Crippen LogP) is 3.92. The Bertz CT molecular complexity index is 723. The van der Waals surface area contributed by atoms with Gasteiger partial charge in [-0.1, -0.05) is 15.9 Å². The Balaban J connectivity index is 2.30. The number of halogens is 2. The van der Waals surface area contributed by atoms with Crippen LogP contribution in [0.15, 0.2) is 45.3 Å². The van der Waals surface area contributed by atoms with Crippen molar-refractivity contribution in [3.63, 3.8) is 0 Å². The van der Waals surface area contributed by atoms with Crippen molar-refractivity contribution in [1.82, 2.24) is 0 Å². The van der Waals surface area contributed by atoms with Crippen molar-refractivity contribution in [2.45, 2.75) is 0 Å². The minimum atomic E-state index is -0.321. The average Bonchev–Trinajstić information content (AvgIpc) is 2.42. The zero-order valence-electron chi connectivity index (χ0n) is 10.2. The summed E-state index contributed by atoms with van der Waals surface area (Å²) >= 11 is 6.58. The molecule has 0 unspecified atom stereocenters. The summed E-state index contributed by atoms with van der Waals surface area (Å²) in [7, 11) is 0. The van der Waals surface area contributed by atoms with E-state index in [1.807, 2.05) is 6.07 Å². The van der Waals surface area contributed by atoms with Gasteiger partial charge in [0.25, 0.3) is 5.91 Å². The standard InChI is InChI=1S/C14H9Br2N3O/c15-10-3-1-9(7-17)13(6-10)19-14(20)8-2-4-11(16)12(18)5-8/h1-6H,18H2,(H,19,20). The van der Waals surface area contributed by atoms with E-state index >= 15 is 0 Å². The van der Waals surface area contributed by atoms with Crippen molar-refractivity contribution in [2.24, 2.45) is 0 Å². The monoisotopic (exact) mass is 393 g/mol. The molecule has 0 atom stereocenters. The fraction of sp³-hybridized carbons (Fsp3) is 0. The number of nitrogen functional groups attached to an aromatic ring is 1. The summed E-state index contributed by atoms with van der Waals surface area (Å²) in [5, 5.41) is 11.7. The van der Waals surface area contributed by atoms with Crippen molar-refractivity contribution in [3.05, 3.63) is 56.5 Å². The molecule has 0 aliphatic heterocycles. The number of carbonyl (C=O) groups excluding carboxylic acids is 1. The first-order chi connectivity index (χ1) is 9.51. The van der Waals surface area contributed by atoms with Crippen LogP contribution >= 0.6 is 31.9 Å². The smallest absolute Gasteiger partial charge is 0.255 e. The van der Waals surface area contributed by atoms with Gasteiger partial charge >= 0.3 is 0 Å². The van der Waals surface area contributed by atoms with Crippen LogP contribution in [0.5, 0.6) is 0 Å². The predicted molar refractivity (Wildman–Crippen MR) is 85.4 cm³/mol. The zero-order valence-corrected chi connectivity index (χ0v) is 13.3. The van der Waals surface area contributed by atoms with E-state index in [0.29, 0.717) is 22.5 Å². The molecule has 0 saturated heterocycles. The van der Waals surface area contributed by atoms with Gasteiger partial charge in [-0.05, 0) is 52.3 Å². The van der Waals surface area contributed by atoms with Gasteiger partial charge in [0.05, 0.1) is 11.3 Å². The highest BCUT2D eigenvalue weighted by Crippen LogP contribution is 2.23. The summed E-state index contributed by atoms with van der Waals surface area (Å²) in [6.07, 6.45) is 0. The first-order valence-corrected chi connectivity index (χ1v) is 7.16. The number of amides is 1. The third-order valence-electron chi connectivity index (χ3n) is 2.61. The molecule has 0 aliphatic rings. The number of anilines is 2. The molecule has 0 saturated carbocycles. The average molecular weight is 395 g/mol. The number of rotatable bonds is 2. The normalized spacial score (nSPS) is 9.85. The molecule has 2 rings (SSSR count). The van der Waals surface area contributed by atoms with Gasteiger partial charge < -0.3 is 11.1 Å². The van der Waals surface area contributed by atoms with E-state index in [2.05, 4.69) is 37.2 Å². The molecule has 6 heteroatoms. The van der Waals surface area contributed by atoms with E-state index in [1.165, 1.54) is 0 Å². The molecule has 2 aromatic carbocycles. The second kappa shape index (κ2) is 6.07. The fourth-order valence-corrected chi connectivity index (χ4v) is 2.20. The summed E-state index contributed by atoms with van der Waals surface area (Å²) in [5.74, 6) is -0.321. The van der Waals surface area contributed by atoms with Gasteiger partial charge in [0.2, 0.25) is 0 Å². The fourth-order valence-electron chi connectivity index (χ4n) is 1.60. The SMILES string of the molecule is N#Cc1ccc(Br)cc1NC(=O)c1ccc(Br)c(N)c1. The summed E-state index contributed by atoms with van der Waals surface area (Å²) in [4.78, 5) is 12.2. The maximum absolute atomic E-state index is 12.2. The van der Waals surface area contributed by atoms with E-state index < -0.39 is 0 Å². The zero-order chi connectivity index (χ0) is 14.7. The van der Waals surface area contributed by atoms with Gasteiger partial charge in [-0.2, -0.15) is 5.26 Å². The van der Waals surface area contributed by atoms with Gasteiger partial charge in [0.15, 0.2) is 0 Å². The van der Waals surface area contributed by atoms with E-state index in [9.17, 15) is 4.79 Å². The van der Waals surface area contributed by atoms with Crippen molar-refractivity contribution in [2.75, 3.05) is 11.1 Å². The lowest BCUT2D eigenvalue weighted by Crippen LogP contribution is -2.13. The summed E-state index contributed by atoms with van der Waals surface area (Å²) < 4.78 is 1.51. The highest BCUT2D eigenvalue weighted by Gasteiger charge is 2.10. The number of nitrogens with two attached hydrogens (primary N) is 1. The highest BCUT2D eigenvalue weighted by molar-refractivity contribution is 9.10. The van der Waals surface area contributed by atoms with Crippen LogP contribution in [0.1, 0.15) is 15.9 Å². The largest absolute Gasteiger partial charge is 0.398 e. The molecule has 3 N–H and O–H groups in total. The molecule has 0 heterocycles. The molecule has 20 heavy (non-hydrogen) atoms. The number of benzene rings is 2. The molecule has 0 aliphatic carbocycles. The second-order valence-electron chi connectivity index (χ2n) is 3.99. The Morgan fingerprint density at radius 1 is 1.20 bits per heavy atom. The summed E-state index contributed by atoms with van der Waals surface area (Å²) in [6, 6.07) is 12.0. The number of hydrogen-bond donors (Lipinski definition) is 2. The van der Waals surface area contributed by atoms with Gasteiger partial charge in [0.1, 0.15) is 6.07 Å². The van der Waals surface area contributed by atoms with Crippen LogP contribution in [0.2, 0.25) is 0 Å². The number of nitrogens with zero attached hydrogens (tertiary/aromatic N) is 1. The van der Waals surface area contributed by atoms with Crippen LogP contribution in [0.25, 0.3) is 0 Å². The van der Waals surface area contributed by atoms with E-state index in [0.717, 1.165) is 8.95 Å². The maximum Gasteiger partial charge on any atom is 0.255 e. The third kappa shape index (κ3) is 3.18. The second-order valence-corrected chi connectivity index (χ2v) is 5.76. The van der Waals surface area contributed by atoms with Crippen molar-refractivity contribution in [1.29, 1.82) is 5.26 Å². The molecule has 0 fully saturated rings. The van der Waals surface area contributed by atoms with Crippen LogP contribution < -0.4 is 11.1 Å². The summed E-state index contributed by atoms with van der Waals surface area (Å²) in [6.45, 7) is 0. The molecule has 0 radical (unpaired) electrons. The lowest BCUT2D eigenvalue weighted by Gasteiger charge is -2.08. The topological polar surface area (TPSA) is 78.9 Å². The van der Waals surface area contributed by atoms with Crippen molar-refractivity contribution >= 4 is 49.1 Å². The van der Waals surface area contributed by atoms with Crippen LogP contribution in [0.3, 0.4) is 0 Å². The third-order valence-corrected chi connectivity index (χ3v) is 3.82. The Morgan fingerprint density at radius 2 is 1.95 bits per heavy atom. The highest BCUT2D eigenvalue weighted by atomic mass is 79.9. The van der Waals surface area contributed by atoms with Crippen molar-refractivity contribution < 1.29 is 4.79 Å². The molecule has 0 bridgehead atoms. The van der Waals surface area contributed by atoms with Crippen molar-refractivity contribution in [3.8, 4) is 6.07 Å². The molecular weight excluding hydrogens is 386 g/mol. The molecule has 1 amide bonds. The molecule has 2 aromatic rings. The van der Waals surface area contributed by atoms with Crippen LogP contribution in [-0.2, 0) is 0 Å². The van der Waals surface area contributed by atoms with Crippen LogP contribution in [-0.4, -0.2) is 5.91 Å². The van der Waals surface area contributed by atoms with Gasteiger partial charge in [0, 0.05) is 20.2 Å². The minimum absolute atomic E-state index is 0.321. The Kier molecular flexibility index (Phi) is 4.42. The number of nitrogens with one attached hydrogen (secondary N) is 1. The first-order valence-electron chi connectivity index (χ1n) is 5.57. The number of nitriles is 1. The van der Waals surface area contributed by atoms with Gasteiger partial charge in [-0.25, -0.2) is 0 Å². The van der Waals surface area contributed by atoms with Gasteiger partial charge in [-0.3, -0.25) is 4.79 Å². The lowest BCUT2D eigenvalue weighted by molar-refractivity contribution is 0.102. The lowest BCUT2D eigenvalue weighted by atomic mass is 10.1. The van der Waals surface area contributed by atoms with E-state index in [4.69, 9.17) is 11.0 Å². The Hall–Kier alpha value is -1.84. The Morgan fingerprint density at radius 3 is 2.60 bits per heavy atom. The van der Waals surface area contributed by atoms with Crippen LogP contribution in [0.4, 0.5) is 11.4 Å². The van der Waals surface area contributed by atoms with E-state index in [-0.39, 0.29) is 5.91 Å². The molecule has 4 nitrogen and oxygen atoms in total. The summed E-state index contributed by atoms with van der Waals surface area (Å²) in [5.41, 5.74) is 7.50. The first kappa shape index (κ1) is 14.6. The minimum Gasteiger partial charge on any atom is -0.398 e. The molecule has 0 spiro atoms. The maximum atomic E-state index is 12.2. The quantitative estimate of drug-likeness (QED) is 0.757. The molecular formula is C14H9Br2N3O. The molecule has 0 aromatic heterocycles. The van der Waals surface area contributed by atoms with Crippen LogP contribution in [0, 0.1) is 11.3 Å². The number of hydrogen-bond acceptors (Lipinski definition) is 3. The van der Waals surface area contributed by atoms with E-state index in [1.54, 1.807) is 36.4 Å².